The van der Waals surface area contributed by atoms with Gasteiger partial charge in [0.05, 0.1) is 17.3 Å². The highest BCUT2D eigenvalue weighted by atomic mass is 19.1. The second kappa shape index (κ2) is 7.76. The first-order valence-electron chi connectivity index (χ1n) is 8.96. The van der Waals surface area contributed by atoms with Crippen LogP contribution in [0.1, 0.15) is 54.0 Å². The van der Waals surface area contributed by atoms with Crippen LogP contribution in [0.15, 0.2) is 24.5 Å². The fourth-order valence-electron chi connectivity index (χ4n) is 3.44. The molecule has 1 aliphatic carbocycles. The van der Waals surface area contributed by atoms with Gasteiger partial charge in [0.15, 0.2) is 11.6 Å². The first-order valence-corrected chi connectivity index (χ1v) is 8.96. The molecule has 0 bridgehead atoms. The van der Waals surface area contributed by atoms with E-state index in [1.165, 1.54) is 6.20 Å². The van der Waals surface area contributed by atoms with Gasteiger partial charge in [-0.1, -0.05) is 19.3 Å². The van der Waals surface area contributed by atoms with Gasteiger partial charge >= 0.3 is 0 Å². The average molecular weight is 357 g/mol. The Morgan fingerprint density at radius 2 is 2.00 bits per heavy atom. The Morgan fingerprint density at radius 1 is 1.23 bits per heavy atom. The number of rotatable bonds is 5. The lowest BCUT2D eigenvalue weighted by Crippen LogP contribution is -2.50. The van der Waals surface area contributed by atoms with Crippen molar-refractivity contribution in [1.82, 2.24) is 20.3 Å². The van der Waals surface area contributed by atoms with E-state index in [4.69, 9.17) is 0 Å². The number of hydrogen-bond donors (Lipinski definition) is 2. The molecule has 2 heterocycles. The molecule has 3 rings (SSSR count). The predicted molar refractivity (Wildman–Crippen MR) is 97.5 cm³/mol. The van der Waals surface area contributed by atoms with Crippen molar-refractivity contribution >= 4 is 11.7 Å². The van der Waals surface area contributed by atoms with E-state index < -0.39 is 11.4 Å². The quantitative estimate of drug-likeness (QED) is 0.859. The Labute approximate surface area is 152 Å². The molecule has 2 aromatic rings. The van der Waals surface area contributed by atoms with E-state index in [1.807, 2.05) is 6.92 Å². The van der Waals surface area contributed by atoms with Crippen molar-refractivity contribution in [2.75, 3.05) is 11.9 Å². The Bertz CT molecular complexity index is 789. The van der Waals surface area contributed by atoms with E-state index in [0.29, 0.717) is 23.6 Å². The Balaban J connectivity index is 1.76. The molecule has 1 saturated carbocycles. The maximum atomic E-state index is 14.1. The summed E-state index contributed by atoms with van der Waals surface area (Å²) in [6, 6.07) is 3.50. The maximum absolute atomic E-state index is 14.1. The number of halogens is 1. The molecule has 1 fully saturated rings. The third-order valence-electron chi connectivity index (χ3n) is 4.90. The van der Waals surface area contributed by atoms with Crippen molar-refractivity contribution in [3.8, 4) is 0 Å². The second-order valence-corrected chi connectivity index (χ2v) is 6.90. The summed E-state index contributed by atoms with van der Waals surface area (Å²) in [5, 5.41) is 6.27. The number of pyridine rings is 1. The highest BCUT2D eigenvalue weighted by molar-refractivity contribution is 5.95. The Morgan fingerprint density at radius 3 is 2.73 bits per heavy atom. The van der Waals surface area contributed by atoms with Gasteiger partial charge in [0, 0.05) is 18.4 Å². The van der Waals surface area contributed by atoms with E-state index in [2.05, 4.69) is 25.6 Å². The number of hydrogen-bond acceptors (Lipinski definition) is 5. The molecular weight excluding hydrogens is 333 g/mol. The standard InChI is InChI=1S/C19H24FN5O/c1-13-15(7-6-10-21-13)18(26)23-12-19(8-4-3-5-9-19)25-17-16(20)11-22-14(2)24-17/h6-7,10-11H,3-5,8-9,12H2,1-2H3,(H,23,26)(H,22,24,25). The number of anilines is 1. The van der Waals surface area contributed by atoms with Gasteiger partial charge in [-0.15, -0.1) is 0 Å². The summed E-state index contributed by atoms with van der Waals surface area (Å²) >= 11 is 0. The largest absolute Gasteiger partial charge is 0.360 e. The molecule has 0 atom stereocenters. The minimum absolute atomic E-state index is 0.165. The highest BCUT2D eigenvalue weighted by Gasteiger charge is 2.33. The van der Waals surface area contributed by atoms with Crippen LogP contribution in [0.4, 0.5) is 10.2 Å². The third kappa shape index (κ3) is 4.15. The topological polar surface area (TPSA) is 79.8 Å². The minimum atomic E-state index is -0.477. The fourth-order valence-corrected chi connectivity index (χ4v) is 3.44. The first-order chi connectivity index (χ1) is 12.5. The predicted octanol–water partition coefficient (Wildman–Crippen LogP) is 3.17. The summed E-state index contributed by atoms with van der Waals surface area (Å²) in [5.41, 5.74) is 0.835. The zero-order valence-corrected chi connectivity index (χ0v) is 15.2. The molecule has 2 aromatic heterocycles. The van der Waals surface area contributed by atoms with Crippen LogP contribution in [-0.4, -0.2) is 32.9 Å². The molecule has 1 amide bonds. The zero-order chi connectivity index (χ0) is 18.6. The van der Waals surface area contributed by atoms with Crippen molar-refractivity contribution in [1.29, 1.82) is 0 Å². The lowest BCUT2D eigenvalue weighted by molar-refractivity contribution is 0.0939. The molecule has 2 N–H and O–H groups in total. The number of aryl methyl sites for hydroxylation is 2. The summed E-state index contributed by atoms with van der Waals surface area (Å²) < 4.78 is 14.1. The van der Waals surface area contributed by atoms with Crippen molar-refractivity contribution in [2.45, 2.75) is 51.5 Å². The Hall–Kier alpha value is -2.57. The van der Waals surface area contributed by atoms with Gasteiger partial charge in [0.1, 0.15) is 5.82 Å². The van der Waals surface area contributed by atoms with E-state index in [-0.39, 0.29) is 11.7 Å². The molecule has 0 aliphatic heterocycles. The molecule has 0 saturated heterocycles. The summed E-state index contributed by atoms with van der Waals surface area (Å²) in [7, 11) is 0. The van der Waals surface area contributed by atoms with Crippen LogP contribution in [0.3, 0.4) is 0 Å². The first kappa shape index (κ1) is 18.2. The van der Waals surface area contributed by atoms with Crippen molar-refractivity contribution in [2.24, 2.45) is 0 Å². The number of carbonyl (C=O) groups is 1. The molecular formula is C19H24FN5O. The van der Waals surface area contributed by atoms with Crippen molar-refractivity contribution in [3.05, 3.63) is 47.4 Å². The van der Waals surface area contributed by atoms with Crippen LogP contribution in [0.2, 0.25) is 0 Å². The minimum Gasteiger partial charge on any atom is -0.360 e. The molecule has 138 valence electrons. The zero-order valence-electron chi connectivity index (χ0n) is 15.2. The van der Waals surface area contributed by atoms with Crippen LogP contribution < -0.4 is 10.6 Å². The number of amides is 1. The lowest BCUT2D eigenvalue weighted by Gasteiger charge is -2.38. The van der Waals surface area contributed by atoms with Gasteiger partial charge < -0.3 is 10.6 Å². The van der Waals surface area contributed by atoms with Gasteiger partial charge in [-0.3, -0.25) is 9.78 Å². The van der Waals surface area contributed by atoms with Crippen LogP contribution in [0.5, 0.6) is 0 Å². The molecule has 0 unspecified atom stereocenters. The molecule has 0 radical (unpaired) electrons. The monoisotopic (exact) mass is 357 g/mol. The number of carbonyl (C=O) groups excluding carboxylic acids is 1. The van der Waals surface area contributed by atoms with Crippen LogP contribution in [0, 0.1) is 19.7 Å². The van der Waals surface area contributed by atoms with Crippen LogP contribution in [-0.2, 0) is 0 Å². The lowest BCUT2D eigenvalue weighted by atomic mass is 9.81. The SMILES string of the molecule is Cc1ncc(F)c(NC2(CNC(=O)c3cccnc3C)CCCCC2)n1. The maximum Gasteiger partial charge on any atom is 0.253 e. The Kier molecular flexibility index (Phi) is 5.44. The van der Waals surface area contributed by atoms with Gasteiger partial charge in [-0.25, -0.2) is 14.4 Å². The van der Waals surface area contributed by atoms with E-state index >= 15 is 0 Å². The van der Waals surface area contributed by atoms with E-state index in [1.54, 1.807) is 25.3 Å². The summed E-state index contributed by atoms with van der Waals surface area (Å²) in [5.74, 6) is 0.0674. The molecule has 6 nitrogen and oxygen atoms in total. The fraction of sp³-hybridized carbons (Fsp3) is 0.474. The average Bonchev–Trinajstić information content (AvgIpc) is 2.64. The number of nitrogens with zero attached hydrogens (tertiary/aromatic N) is 3. The molecule has 26 heavy (non-hydrogen) atoms. The van der Waals surface area contributed by atoms with Crippen molar-refractivity contribution < 1.29 is 9.18 Å². The second-order valence-electron chi connectivity index (χ2n) is 6.90. The normalized spacial score (nSPS) is 16.1. The smallest absolute Gasteiger partial charge is 0.253 e. The van der Waals surface area contributed by atoms with Gasteiger partial charge in [-0.05, 0) is 38.8 Å². The van der Waals surface area contributed by atoms with E-state index in [9.17, 15) is 9.18 Å². The summed E-state index contributed by atoms with van der Waals surface area (Å²) in [6.45, 7) is 3.94. The van der Waals surface area contributed by atoms with Gasteiger partial charge in [-0.2, -0.15) is 0 Å². The molecule has 7 heteroatoms. The van der Waals surface area contributed by atoms with Crippen LogP contribution in [0.25, 0.3) is 0 Å². The highest BCUT2D eigenvalue weighted by Crippen LogP contribution is 2.31. The van der Waals surface area contributed by atoms with Crippen LogP contribution >= 0.6 is 0 Å². The molecule has 0 aromatic carbocycles. The number of nitrogens with one attached hydrogen (secondary N) is 2. The number of aromatic nitrogens is 3. The van der Waals surface area contributed by atoms with Gasteiger partial charge in [0.2, 0.25) is 0 Å². The van der Waals surface area contributed by atoms with Gasteiger partial charge in [0.25, 0.3) is 5.91 Å². The molecule has 0 spiro atoms. The summed E-state index contributed by atoms with van der Waals surface area (Å²) in [4.78, 5) is 24.8. The molecule has 1 aliphatic rings. The third-order valence-corrected chi connectivity index (χ3v) is 4.90. The van der Waals surface area contributed by atoms with E-state index in [0.717, 1.165) is 32.1 Å². The van der Waals surface area contributed by atoms with Crippen molar-refractivity contribution in [3.63, 3.8) is 0 Å². The summed E-state index contributed by atoms with van der Waals surface area (Å²) in [6.07, 6.45) is 7.74.